The molecule has 0 bridgehead atoms. The molecule has 0 aromatic heterocycles. The van der Waals surface area contributed by atoms with Crippen LogP contribution in [0.2, 0.25) is 0 Å². The van der Waals surface area contributed by atoms with Gasteiger partial charge in [0, 0.05) is 6.42 Å². The van der Waals surface area contributed by atoms with E-state index in [2.05, 4.69) is 16.1 Å². The molecule has 11 heteroatoms. The van der Waals surface area contributed by atoms with E-state index in [1.165, 1.54) is 12.1 Å². The fourth-order valence-electron chi connectivity index (χ4n) is 5.30. The minimum Gasteiger partial charge on any atom is -0.444 e. The number of carbonyl (C=O) groups is 2. The number of benzene rings is 2. The predicted molar refractivity (Wildman–Crippen MR) is 167 cm³/mol. The number of hydrogen-bond acceptors (Lipinski definition) is 6. The lowest BCUT2D eigenvalue weighted by atomic mass is 9.79. The topological polar surface area (TPSA) is 132 Å². The Hall–Kier alpha value is -3.33. The van der Waals surface area contributed by atoms with E-state index >= 15 is 4.39 Å². The Balaban J connectivity index is 1.75. The summed E-state index contributed by atoms with van der Waals surface area (Å²) >= 11 is 0. The number of nitrogens with one attached hydrogen (secondary N) is 2. The number of anilines is 1. The van der Waals surface area contributed by atoms with E-state index in [-0.39, 0.29) is 18.7 Å². The van der Waals surface area contributed by atoms with E-state index in [4.69, 9.17) is 4.74 Å². The molecule has 1 unspecified atom stereocenters. The molecule has 1 aliphatic heterocycles. The SMILES string of the molecule is CC(C)(C)OC(=O)N1C[C@H](O)C[C@@H]1C(=O)Nc1cc(C(CCC2CC2)(N[S@](=O)C(C)(C)C)c2cccc(C#N)c2)ccc1F. The average molecular weight is 627 g/mol. The van der Waals surface area contributed by atoms with Gasteiger partial charge >= 0.3 is 6.09 Å². The number of likely N-dealkylation sites (tertiary alicyclic amines) is 1. The lowest BCUT2D eigenvalue weighted by Gasteiger charge is -2.38. The number of amides is 2. The number of halogens is 1. The molecule has 4 rings (SSSR count). The second-order valence-electron chi connectivity index (χ2n) is 13.8. The van der Waals surface area contributed by atoms with Crippen LogP contribution in [0.15, 0.2) is 42.5 Å². The zero-order valence-corrected chi connectivity index (χ0v) is 27.1. The lowest BCUT2D eigenvalue weighted by molar-refractivity contribution is -0.120. The van der Waals surface area contributed by atoms with Crippen molar-refractivity contribution in [3.63, 3.8) is 0 Å². The van der Waals surface area contributed by atoms with Crippen LogP contribution in [0.5, 0.6) is 0 Å². The number of rotatable bonds is 9. The second kappa shape index (κ2) is 13.0. The van der Waals surface area contributed by atoms with Crippen molar-refractivity contribution in [1.29, 1.82) is 5.26 Å². The molecule has 2 aromatic rings. The smallest absolute Gasteiger partial charge is 0.411 e. The third kappa shape index (κ3) is 8.03. The van der Waals surface area contributed by atoms with Crippen LogP contribution in [0.25, 0.3) is 0 Å². The Morgan fingerprint density at radius 1 is 1.11 bits per heavy atom. The molecule has 238 valence electrons. The molecule has 2 fully saturated rings. The Morgan fingerprint density at radius 2 is 1.80 bits per heavy atom. The Bertz CT molecular complexity index is 1460. The number of aliphatic hydroxyl groups is 1. The van der Waals surface area contributed by atoms with Crippen LogP contribution in [-0.4, -0.2) is 55.3 Å². The summed E-state index contributed by atoms with van der Waals surface area (Å²) < 4.78 is 37.2. The van der Waals surface area contributed by atoms with E-state index in [9.17, 15) is 24.2 Å². The van der Waals surface area contributed by atoms with Crippen LogP contribution in [0.3, 0.4) is 0 Å². The quantitative estimate of drug-likeness (QED) is 0.337. The van der Waals surface area contributed by atoms with Crippen molar-refractivity contribution in [2.45, 2.75) is 102 Å². The zero-order valence-electron chi connectivity index (χ0n) is 26.3. The van der Waals surface area contributed by atoms with Crippen molar-refractivity contribution in [3.8, 4) is 6.07 Å². The molecule has 44 heavy (non-hydrogen) atoms. The molecular formula is C33H43FN4O5S. The number of nitriles is 1. The summed E-state index contributed by atoms with van der Waals surface area (Å²) in [4.78, 5) is 27.5. The number of β-amino-alcohol motifs (C(OH)–C–C–N with tert-alkyl or cyclic N) is 1. The van der Waals surface area contributed by atoms with E-state index < -0.39 is 56.8 Å². The molecule has 1 heterocycles. The number of nitrogens with zero attached hydrogens (tertiary/aromatic N) is 2. The average Bonchev–Trinajstić information content (AvgIpc) is 3.69. The number of aliphatic hydroxyl groups excluding tert-OH is 1. The van der Waals surface area contributed by atoms with Gasteiger partial charge in [0.25, 0.3) is 0 Å². The summed E-state index contributed by atoms with van der Waals surface area (Å²) in [6.07, 6.45) is 1.84. The molecule has 0 radical (unpaired) electrons. The minimum atomic E-state index is -1.56. The number of ether oxygens (including phenoxy) is 1. The molecule has 1 aliphatic carbocycles. The van der Waals surface area contributed by atoms with Crippen molar-refractivity contribution >= 4 is 28.7 Å². The van der Waals surface area contributed by atoms with Gasteiger partial charge in [-0.1, -0.05) is 31.0 Å². The van der Waals surface area contributed by atoms with Crippen molar-refractivity contribution in [1.82, 2.24) is 9.62 Å². The predicted octanol–water partition coefficient (Wildman–Crippen LogP) is 5.49. The number of hydrogen-bond donors (Lipinski definition) is 3. The maximum Gasteiger partial charge on any atom is 0.411 e. The monoisotopic (exact) mass is 626 g/mol. The highest BCUT2D eigenvalue weighted by molar-refractivity contribution is 7.84. The van der Waals surface area contributed by atoms with Crippen molar-refractivity contribution in [2.75, 3.05) is 11.9 Å². The van der Waals surface area contributed by atoms with E-state index in [1.807, 2.05) is 26.8 Å². The fourth-order valence-corrected chi connectivity index (χ4v) is 6.26. The fraction of sp³-hybridized carbons (Fsp3) is 0.545. The van der Waals surface area contributed by atoms with Gasteiger partial charge in [-0.2, -0.15) is 5.26 Å². The van der Waals surface area contributed by atoms with Crippen LogP contribution in [-0.2, 0) is 26.1 Å². The van der Waals surface area contributed by atoms with Gasteiger partial charge in [0.2, 0.25) is 5.91 Å². The highest BCUT2D eigenvalue weighted by Gasteiger charge is 2.43. The van der Waals surface area contributed by atoms with Crippen LogP contribution < -0.4 is 10.0 Å². The summed E-state index contributed by atoms with van der Waals surface area (Å²) in [5, 5.41) is 22.6. The first-order valence-electron chi connectivity index (χ1n) is 15.0. The molecule has 1 saturated carbocycles. The summed E-state index contributed by atoms with van der Waals surface area (Å²) in [6.45, 7) is 10.6. The summed E-state index contributed by atoms with van der Waals surface area (Å²) in [5.41, 5.74) is -0.300. The third-order valence-corrected chi connectivity index (χ3v) is 9.51. The molecule has 4 atom stereocenters. The first-order chi connectivity index (χ1) is 20.5. The molecule has 1 saturated heterocycles. The van der Waals surface area contributed by atoms with Crippen molar-refractivity contribution in [2.24, 2.45) is 5.92 Å². The van der Waals surface area contributed by atoms with Crippen molar-refractivity contribution in [3.05, 3.63) is 65.0 Å². The maximum absolute atomic E-state index is 15.4. The van der Waals surface area contributed by atoms with E-state index in [0.29, 0.717) is 29.0 Å². The van der Waals surface area contributed by atoms with Crippen LogP contribution >= 0.6 is 0 Å². The third-order valence-electron chi connectivity index (χ3n) is 7.86. The molecule has 2 aliphatic rings. The molecule has 9 nitrogen and oxygen atoms in total. The molecule has 2 aromatic carbocycles. The van der Waals surface area contributed by atoms with Gasteiger partial charge in [-0.05, 0) is 95.7 Å². The lowest BCUT2D eigenvalue weighted by Crippen LogP contribution is -2.49. The normalized spacial score (nSPS) is 20.8. The van der Waals surface area contributed by atoms with Crippen LogP contribution in [0, 0.1) is 23.1 Å². The Kier molecular flexibility index (Phi) is 9.88. The standard InChI is InChI=1S/C33H43FN4O5S/c1-31(2,3)43-30(41)38-20-25(39)18-28(38)29(40)36-27-17-24(12-13-26(27)34)33(15-14-21-10-11-21,37-44(42)32(4,5)6)23-9-7-8-22(16-23)19-35/h7-9,12-13,16-17,21,25,28,37,39H,10-11,14-15,18,20H2,1-6H3,(H,36,40)/t25-,28-,33?,44-/m1/s1. The van der Waals surface area contributed by atoms with Crippen LogP contribution in [0.4, 0.5) is 14.9 Å². The van der Waals surface area contributed by atoms with Crippen molar-refractivity contribution < 1.29 is 28.0 Å². The first-order valence-corrected chi connectivity index (χ1v) is 16.2. The van der Waals surface area contributed by atoms with E-state index in [0.717, 1.165) is 24.2 Å². The number of carbonyl (C=O) groups excluding carboxylic acids is 2. The maximum atomic E-state index is 15.4. The van der Waals surface area contributed by atoms with Crippen LogP contribution in [0.1, 0.15) is 90.3 Å². The van der Waals surface area contributed by atoms with E-state index in [1.54, 1.807) is 45.0 Å². The Morgan fingerprint density at radius 3 is 2.41 bits per heavy atom. The molecule has 3 N–H and O–H groups in total. The highest BCUT2D eigenvalue weighted by atomic mass is 32.2. The molecule has 0 spiro atoms. The second-order valence-corrected chi connectivity index (χ2v) is 15.8. The van der Waals surface area contributed by atoms with Gasteiger partial charge in [0.15, 0.2) is 0 Å². The van der Waals surface area contributed by atoms with Gasteiger partial charge in [-0.3, -0.25) is 9.69 Å². The minimum absolute atomic E-state index is 0.0230. The largest absolute Gasteiger partial charge is 0.444 e. The highest BCUT2D eigenvalue weighted by Crippen LogP contribution is 2.43. The van der Waals surface area contributed by atoms with Gasteiger partial charge in [-0.25, -0.2) is 18.1 Å². The molecule has 2 amide bonds. The van der Waals surface area contributed by atoms with Gasteiger partial charge in [-0.15, -0.1) is 0 Å². The zero-order chi connectivity index (χ0) is 32.4. The first kappa shape index (κ1) is 33.6. The Labute approximate surface area is 261 Å². The van der Waals surface area contributed by atoms with Gasteiger partial charge in [0.05, 0.1) is 51.2 Å². The summed E-state index contributed by atoms with van der Waals surface area (Å²) in [7, 11) is -1.56. The van der Waals surface area contributed by atoms with Gasteiger partial charge < -0.3 is 15.2 Å². The summed E-state index contributed by atoms with van der Waals surface area (Å²) in [6, 6.07) is 12.6. The van der Waals surface area contributed by atoms with Gasteiger partial charge in [0.1, 0.15) is 17.5 Å². The summed E-state index contributed by atoms with van der Waals surface area (Å²) in [5.74, 6) is -0.835. The molecular weight excluding hydrogens is 583 g/mol.